The molecule has 0 aliphatic carbocycles. The SMILES string of the molecule is Cc1cc(Br)cnc1NC1(C)CCOC1. The molecule has 0 aromatic carbocycles. The molecule has 1 atom stereocenters. The van der Waals surface area contributed by atoms with Gasteiger partial charge in [-0.05, 0) is 47.8 Å². The Morgan fingerprint density at radius 2 is 2.40 bits per heavy atom. The molecule has 0 bridgehead atoms. The van der Waals surface area contributed by atoms with Crippen molar-refractivity contribution < 1.29 is 4.74 Å². The molecule has 0 spiro atoms. The quantitative estimate of drug-likeness (QED) is 0.898. The molecule has 15 heavy (non-hydrogen) atoms. The van der Waals surface area contributed by atoms with Crippen LogP contribution in [0.15, 0.2) is 16.7 Å². The number of rotatable bonds is 2. The summed E-state index contributed by atoms with van der Waals surface area (Å²) in [5, 5.41) is 3.46. The molecule has 1 aliphatic rings. The molecule has 1 unspecified atom stereocenters. The second-order valence-corrected chi connectivity index (χ2v) is 5.22. The Balaban J connectivity index is 2.16. The minimum atomic E-state index is 0.0333. The maximum atomic E-state index is 5.40. The van der Waals surface area contributed by atoms with E-state index in [-0.39, 0.29) is 5.54 Å². The Hall–Kier alpha value is -0.610. The van der Waals surface area contributed by atoms with Gasteiger partial charge in [0.1, 0.15) is 5.82 Å². The van der Waals surface area contributed by atoms with Gasteiger partial charge in [0.15, 0.2) is 0 Å². The average Bonchev–Trinajstić information content (AvgIpc) is 2.58. The highest BCUT2D eigenvalue weighted by molar-refractivity contribution is 9.10. The average molecular weight is 271 g/mol. The molecule has 2 rings (SSSR count). The number of aryl methyl sites for hydroxylation is 1. The van der Waals surface area contributed by atoms with E-state index in [0.717, 1.165) is 35.5 Å². The van der Waals surface area contributed by atoms with E-state index in [0.29, 0.717) is 0 Å². The molecule has 1 fully saturated rings. The van der Waals surface area contributed by atoms with Gasteiger partial charge < -0.3 is 10.1 Å². The number of nitrogens with one attached hydrogen (secondary N) is 1. The second-order valence-electron chi connectivity index (χ2n) is 4.31. The van der Waals surface area contributed by atoms with Crippen LogP contribution in [-0.2, 0) is 4.74 Å². The predicted molar refractivity (Wildman–Crippen MR) is 64.1 cm³/mol. The van der Waals surface area contributed by atoms with Gasteiger partial charge in [-0.2, -0.15) is 0 Å². The summed E-state index contributed by atoms with van der Waals surface area (Å²) in [6, 6.07) is 2.06. The van der Waals surface area contributed by atoms with E-state index in [1.807, 2.05) is 6.20 Å². The Morgan fingerprint density at radius 3 is 3.00 bits per heavy atom. The van der Waals surface area contributed by atoms with Gasteiger partial charge in [-0.25, -0.2) is 4.98 Å². The minimum Gasteiger partial charge on any atom is -0.379 e. The van der Waals surface area contributed by atoms with Gasteiger partial charge in [-0.15, -0.1) is 0 Å². The first-order valence-corrected chi connectivity index (χ1v) is 5.86. The number of halogens is 1. The van der Waals surface area contributed by atoms with Gasteiger partial charge in [-0.1, -0.05) is 0 Å². The number of anilines is 1. The number of aromatic nitrogens is 1. The van der Waals surface area contributed by atoms with E-state index in [2.05, 4.69) is 46.1 Å². The molecule has 1 N–H and O–H groups in total. The van der Waals surface area contributed by atoms with Gasteiger partial charge in [0.25, 0.3) is 0 Å². The van der Waals surface area contributed by atoms with Crippen LogP contribution in [0.3, 0.4) is 0 Å². The first kappa shape index (κ1) is 10.9. The fraction of sp³-hybridized carbons (Fsp3) is 0.545. The van der Waals surface area contributed by atoms with E-state index in [1.54, 1.807) is 0 Å². The zero-order valence-electron chi connectivity index (χ0n) is 9.01. The molecular weight excluding hydrogens is 256 g/mol. The first-order valence-electron chi connectivity index (χ1n) is 5.07. The van der Waals surface area contributed by atoms with Crippen molar-refractivity contribution in [2.24, 2.45) is 0 Å². The molecule has 1 aromatic heterocycles. The molecule has 1 aromatic rings. The van der Waals surface area contributed by atoms with Crippen molar-refractivity contribution in [2.75, 3.05) is 18.5 Å². The van der Waals surface area contributed by atoms with Gasteiger partial charge in [0.2, 0.25) is 0 Å². The van der Waals surface area contributed by atoms with Crippen LogP contribution in [0.25, 0.3) is 0 Å². The molecule has 4 heteroatoms. The van der Waals surface area contributed by atoms with Crippen LogP contribution >= 0.6 is 15.9 Å². The fourth-order valence-electron chi connectivity index (χ4n) is 1.72. The molecule has 0 amide bonds. The van der Waals surface area contributed by atoms with E-state index in [9.17, 15) is 0 Å². The largest absolute Gasteiger partial charge is 0.379 e. The summed E-state index contributed by atoms with van der Waals surface area (Å²) in [4.78, 5) is 4.37. The molecule has 3 nitrogen and oxygen atoms in total. The number of ether oxygens (including phenoxy) is 1. The topological polar surface area (TPSA) is 34.2 Å². The normalized spacial score (nSPS) is 25.5. The maximum Gasteiger partial charge on any atom is 0.129 e. The van der Waals surface area contributed by atoms with Crippen molar-refractivity contribution in [2.45, 2.75) is 25.8 Å². The van der Waals surface area contributed by atoms with Crippen LogP contribution in [0.2, 0.25) is 0 Å². The highest BCUT2D eigenvalue weighted by Crippen LogP contribution is 2.25. The zero-order chi connectivity index (χ0) is 10.9. The molecule has 1 saturated heterocycles. The Kier molecular flexibility index (Phi) is 2.98. The third-order valence-electron chi connectivity index (χ3n) is 2.68. The lowest BCUT2D eigenvalue weighted by atomic mass is 10.0. The lowest BCUT2D eigenvalue weighted by Crippen LogP contribution is -2.35. The summed E-state index contributed by atoms with van der Waals surface area (Å²) in [6.45, 7) is 5.81. The Bertz CT molecular complexity index is 362. The Morgan fingerprint density at radius 1 is 1.60 bits per heavy atom. The summed E-state index contributed by atoms with van der Waals surface area (Å²) in [5.74, 6) is 0.950. The minimum absolute atomic E-state index is 0.0333. The number of pyridine rings is 1. The van der Waals surface area contributed by atoms with Crippen LogP contribution in [0.4, 0.5) is 5.82 Å². The van der Waals surface area contributed by atoms with Crippen molar-refractivity contribution in [3.8, 4) is 0 Å². The maximum absolute atomic E-state index is 5.40. The van der Waals surface area contributed by atoms with E-state index < -0.39 is 0 Å². The number of hydrogen-bond acceptors (Lipinski definition) is 3. The molecular formula is C11H15BrN2O. The first-order chi connectivity index (χ1) is 7.09. The smallest absolute Gasteiger partial charge is 0.129 e. The second kappa shape index (κ2) is 4.10. The Labute approximate surface area is 98.4 Å². The monoisotopic (exact) mass is 270 g/mol. The van der Waals surface area contributed by atoms with Crippen molar-refractivity contribution >= 4 is 21.7 Å². The van der Waals surface area contributed by atoms with E-state index >= 15 is 0 Å². The van der Waals surface area contributed by atoms with E-state index in [1.165, 1.54) is 0 Å². The lowest BCUT2D eigenvalue weighted by molar-refractivity contribution is 0.185. The summed E-state index contributed by atoms with van der Waals surface area (Å²) in [6.07, 6.45) is 2.85. The number of hydrogen-bond donors (Lipinski definition) is 1. The van der Waals surface area contributed by atoms with Gasteiger partial charge in [-0.3, -0.25) is 0 Å². The van der Waals surface area contributed by atoms with E-state index in [4.69, 9.17) is 4.74 Å². The summed E-state index contributed by atoms with van der Waals surface area (Å²) in [5.41, 5.74) is 1.18. The van der Waals surface area contributed by atoms with Crippen LogP contribution in [-0.4, -0.2) is 23.7 Å². The highest BCUT2D eigenvalue weighted by Gasteiger charge is 2.30. The zero-order valence-corrected chi connectivity index (χ0v) is 10.6. The number of nitrogens with zero attached hydrogens (tertiary/aromatic N) is 1. The molecule has 1 aliphatic heterocycles. The third-order valence-corrected chi connectivity index (χ3v) is 3.12. The molecule has 0 saturated carbocycles. The van der Waals surface area contributed by atoms with Crippen molar-refractivity contribution in [1.29, 1.82) is 0 Å². The summed E-state index contributed by atoms with van der Waals surface area (Å²) in [7, 11) is 0. The predicted octanol–water partition coefficient (Wildman–Crippen LogP) is 2.74. The standard InChI is InChI=1S/C11H15BrN2O/c1-8-5-9(12)6-13-10(8)14-11(2)3-4-15-7-11/h5-6H,3-4,7H2,1-2H3,(H,13,14). The van der Waals surface area contributed by atoms with Crippen molar-refractivity contribution in [3.63, 3.8) is 0 Å². The molecule has 2 heterocycles. The van der Waals surface area contributed by atoms with Crippen LogP contribution in [0.5, 0.6) is 0 Å². The highest BCUT2D eigenvalue weighted by atomic mass is 79.9. The van der Waals surface area contributed by atoms with Crippen molar-refractivity contribution in [1.82, 2.24) is 4.98 Å². The van der Waals surface area contributed by atoms with Crippen LogP contribution in [0.1, 0.15) is 18.9 Å². The van der Waals surface area contributed by atoms with Gasteiger partial charge >= 0.3 is 0 Å². The summed E-state index contributed by atoms with van der Waals surface area (Å²) < 4.78 is 6.41. The summed E-state index contributed by atoms with van der Waals surface area (Å²) >= 11 is 3.41. The fourth-order valence-corrected chi connectivity index (χ4v) is 2.17. The molecule has 0 radical (unpaired) electrons. The van der Waals surface area contributed by atoms with Gasteiger partial charge in [0.05, 0.1) is 12.1 Å². The third kappa shape index (κ3) is 2.49. The van der Waals surface area contributed by atoms with Gasteiger partial charge in [0, 0.05) is 17.3 Å². The molecule has 82 valence electrons. The van der Waals surface area contributed by atoms with Crippen LogP contribution in [0, 0.1) is 6.92 Å². The van der Waals surface area contributed by atoms with Crippen molar-refractivity contribution in [3.05, 3.63) is 22.3 Å². The lowest BCUT2D eigenvalue weighted by Gasteiger charge is -2.25. The van der Waals surface area contributed by atoms with Crippen LogP contribution < -0.4 is 5.32 Å².